The van der Waals surface area contributed by atoms with Crippen molar-refractivity contribution in [3.8, 4) is 0 Å². The number of hydrogen-bond donors (Lipinski definition) is 0. The molecular weight excluding hydrogens is 379 g/mol. The van der Waals surface area contributed by atoms with Gasteiger partial charge in [-0.25, -0.2) is 0 Å². The number of fused-ring (bicyclic) bond motifs is 1. The molecule has 0 N–H and O–H groups in total. The zero-order valence-electron chi connectivity index (χ0n) is 13.2. The fourth-order valence-electron chi connectivity index (χ4n) is 2.36. The summed E-state index contributed by atoms with van der Waals surface area (Å²) in [5.74, 6) is -0.270. The Labute approximate surface area is 151 Å². The summed E-state index contributed by atoms with van der Waals surface area (Å²) in [4.78, 5) is 39.0. The van der Waals surface area contributed by atoms with Crippen LogP contribution in [0.5, 0.6) is 0 Å². The predicted octanol–water partition coefficient (Wildman–Crippen LogP) is 0.687. The van der Waals surface area contributed by atoms with E-state index in [1.54, 1.807) is 6.07 Å². The maximum atomic E-state index is 12.2. The number of amides is 2. The molecule has 2 aromatic carbocycles. The van der Waals surface area contributed by atoms with Crippen LogP contribution in [-0.4, -0.2) is 50.8 Å². The minimum absolute atomic E-state index is 0.249. The number of para-hydroxylation sites is 1. The van der Waals surface area contributed by atoms with Crippen LogP contribution in [0.2, 0.25) is 0 Å². The molecule has 1 heterocycles. The zero-order valence-corrected chi connectivity index (χ0v) is 15.1. The number of nitrogens with zero attached hydrogens (tertiary/aromatic N) is 2. The Morgan fingerprint density at radius 1 is 1.00 bits per heavy atom. The summed E-state index contributed by atoms with van der Waals surface area (Å²) >= 11 is -0.367. The molecule has 2 amide bonds. The molecule has 0 spiro atoms. The molecule has 123 valence electrons. The average molecular weight is 393 g/mol. The van der Waals surface area contributed by atoms with E-state index in [0.29, 0.717) is 18.4 Å². The molecule has 0 bridgehead atoms. The van der Waals surface area contributed by atoms with Gasteiger partial charge in [0.05, 0.1) is 0 Å². The van der Waals surface area contributed by atoms with Crippen molar-refractivity contribution in [1.82, 2.24) is 9.88 Å². The number of ketones is 1. The van der Waals surface area contributed by atoms with Crippen LogP contribution < -0.4 is 8.83 Å². The molecule has 0 aliphatic rings. The average Bonchev–Trinajstić information content (AvgIpc) is 2.66. The summed E-state index contributed by atoms with van der Waals surface area (Å²) < 4.78 is 2.04. The van der Waals surface area contributed by atoms with Gasteiger partial charge in [-0.05, 0) is 0 Å². The van der Waals surface area contributed by atoms with Gasteiger partial charge in [0, 0.05) is 0 Å². The van der Waals surface area contributed by atoms with Crippen LogP contribution >= 0.6 is 0 Å². The molecule has 0 saturated carbocycles. The summed E-state index contributed by atoms with van der Waals surface area (Å²) in [6.45, 7) is -0.249. The van der Waals surface area contributed by atoms with Crippen molar-refractivity contribution in [3.63, 3.8) is 0 Å². The Hall–Kier alpha value is -2.78. The first-order chi connectivity index (χ1) is 12.2. The van der Waals surface area contributed by atoms with Gasteiger partial charge in [0.15, 0.2) is 0 Å². The van der Waals surface area contributed by atoms with Crippen molar-refractivity contribution in [2.24, 2.45) is 0 Å². The van der Waals surface area contributed by atoms with E-state index >= 15 is 0 Å². The van der Waals surface area contributed by atoms with Crippen LogP contribution in [0, 0.1) is 0 Å². The Morgan fingerprint density at radius 2 is 1.80 bits per heavy atom. The van der Waals surface area contributed by atoms with E-state index in [2.05, 4.69) is 4.98 Å². The molecule has 25 heavy (non-hydrogen) atoms. The third kappa shape index (κ3) is 4.20. The van der Waals surface area contributed by atoms with Crippen molar-refractivity contribution in [2.75, 3.05) is 6.54 Å². The van der Waals surface area contributed by atoms with E-state index in [1.807, 2.05) is 54.6 Å². The van der Waals surface area contributed by atoms with Crippen LogP contribution in [0.4, 0.5) is 0 Å². The molecule has 1 aromatic heterocycles. The first-order valence-corrected chi connectivity index (χ1v) is 9.44. The van der Waals surface area contributed by atoms with Crippen molar-refractivity contribution in [3.05, 3.63) is 66.2 Å². The maximum absolute atomic E-state index is 12.2. The molecule has 0 aliphatic carbocycles. The van der Waals surface area contributed by atoms with Gasteiger partial charge in [0.25, 0.3) is 0 Å². The number of carbonyl (C=O) groups is 3. The van der Waals surface area contributed by atoms with Crippen LogP contribution in [-0.2, 0) is 9.59 Å². The Morgan fingerprint density at radius 3 is 2.60 bits per heavy atom. The van der Waals surface area contributed by atoms with Gasteiger partial charge in [-0.1, -0.05) is 0 Å². The quantitative estimate of drug-likeness (QED) is 0.337. The van der Waals surface area contributed by atoms with Crippen molar-refractivity contribution in [1.29, 1.82) is 0 Å². The standard InChI is InChI=1S/C19H14AsN2O3/c23-12-22(13-24)11-18(25)15-5-3-6-16(10-15)20-19-9-8-14-4-1-2-7-17(14)21-19/h1-10,12-13H,11H2. The second-order valence-electron chi connectivity index (χ2n) is 5.33. The number of Topliss-reactive ketones (excluding diaryl/α,β-unsaturated/α-hetero) is 1. The number of imide groups is 1. The topological polar surface area (TPSA) is 67.3 Å². The van der Waals surface area contributed by atoms with Gasteiger partial charge in [-0.3, -0.25) is 0 Å². The number of hydrogen-bond acceptors (Lipinski definition) is 4. The molecule has 0 atom stereocenters. The van der Waals surface area contributed by atoms with Crippen LogP contribution in [0.25, 0.3) is 10.9 Å². The van der Waals surface area contributed by atoms with Crippen molar-refractivity contribution >= 4 is 54.1 Å². The van der Waals surface area contributed by atoms with Gasteiger partial charge in [-0.2, -0.15) is 0 Å². The van der Waals surface area contributed by atoms with E-state index in [0.717, 1.165) is 24.6 Å². The van der Waals surface area contributed by atoms with Gasteiger partial charge in [0.2, 0.25) is 0 Å². The van der Waals surface area contributed by atoms with Gasteiger partial charge >= 0.3 is 151 Å². The molecule has 3 rings (SSSR count). The minimum atomic E-state index is -0.367. The van der Waals surface area contributed by atoms with Gasteiger partial charge in [-0.15, -0.1) is 0 Å². The van der Waals surface area contributed by atoms with Gasteiger partial charge < -0.3 is 0 Å². The van der Waals surface area contributed by atoms with Crippen LogP contribution in [0.15, 0.2) is 60.7 Å². The summed E-state index contributed by atoms with van der Waals surface area (Å²) in [5.41, 5.74) is 1.44. The van der Waals surface area contributed by atoms with E-state index in [1.165, 1.54) is 0 Å². The second-order valence-corrected chi connectivity index (χ2v) is 7.84. The molecule has 0 saturated heterocycles. The number of pyridine rings is 1. The SMILES string of the molecule is O=CN(C=O)CC(=O)c1cccc([As]c2ccc3ccccc3n2)c1. The summed E-state index contributed by atoms with van der Waals surface area (Å²) in [5, 5.41) is 1.10. The molecule has 0 fully saturated rings. The van der Waals surface area contributed by atoms with Crippen molar-refractivity contribution < 1.29 is 14.4 Å². The Balaban J connectivity index is 1.79. The zero-order chi connectivity index (χ0) is 17.6. The number of benzene rings is 2. The van der Waals surface area contributed by atoms with Crippen LogP contribution in [0.3, 0.4) is 0 Å². The fraction of sp³-hybridized carbons (Fsp3) is 0.0526. The molecule has 0 aliphatic heterocycles. The number of carbonyl (C=O) groups excluding carboxylic acids is 3. The monoisotopic (exact) mass is 393 g/mol. The number of aromatic nitrogens is 1. The molecule has 3 aromatic rings. The molecule has 5 nitrogen and oxygen atoms in total. The molecular formula is C19H14AsN2O3. The summed E-state index contributed by atoms with van der Waals surface area (Å²) in [6.07, 6.45) is 0.694. The molecule has 1 radical (unpaired) electrons. The number of rotatable bonds is 7. The van der Waals surface area contributed by atoms with E-state index in [9.17, 15) is 14.4 Å². The third-order valence-electron chi connectivity index (χ3n) is 3.59. The van der Waals surface area contributed by atoms with E-state index in [4.69, 9.17) is 0 Å². The van der Waals surface area contributed by atoms with Crippen molar-refractivity contribution in [2.45, 2.75) is 0 Å². The molecule has 0 unspecified atom stereocenters. The normalized spacial score (nSPS) is 10.9. The van der Waals surface area contributed by atoms with E-state index in [-0.39, 0.29) is 28.1 Å². The summed E-state index contributed by atoms with van der Waals surface area (Å²) in [6, 6.07) is 19.3. The Kier molecular flexibility index (Phi) is 5.36. The van der Waals surface area contributed by atoms with E-state index < -0.39 is 0 Å². The predicted molar refractivity (Wildman–Crippen MR) is 96.4 cm³/mol. The third-order valence-corrected chi connectivity index (χ3v) is 5.72. The molecule has 6 heteroatoms. The Bertz CT molecular complexity index is 935. The fourth-order valence-corrected chi connectivity index (χ4v) is 4.32. The first-order valence-electron chi connectivity index (χ1n) is 7.57. The van der Waals surface area contributed by atoms with Crippen LogP contribution in [0.1, 0.15) is 10.4 Å². The van der Waals surface area contributed by atoms with Gasteiger partial charge in [0.1, 0.15) is 0 Å². The second kappa shape index (κ2) is 7.86. The first kappa shape index (κ1) is 17.1. The summed E-state index contributed by atoms with van der Waals surface area (Å²) in [7, 11) is 0.